The Morgan fingerprint density at radius 2 is 2.00 bits per heavy atom. The van der Waals surface area contributed by atoms with Crippen molar-refractivity contribution in [3.63, 3.8) is 0 Å². The molecule has 0 aliphatic heterocycles. The fraction of sp³-hybridized carbons (Fsp3) is 0.190. The molecule has 0 aliphatic carbocycles. The van der Waals surface area contributed by atoms with Crippen molar-refractivity contribution in [1.29, 1.82) is 0 Å². The van der Waals surface area contributed by atoms with Crippen LogP contribution in [-0.2, 0) is 17.9 Å². The maximum Gasteiger partial charge on any atom is 0.246 e. The van der Waals surface area contributed by atoms with Crippen LogP contribution in [0.4, 0.5) is 0 Å². The zero-order valence-corrected chi connectivity index (χ0v) is 16.1. The molecule has 27 heavy (non-hydrogen) atoms. The summed E-state index contributed by atoms with van der Waals surface area (Å²) < 4.78 is 5.71. The summed E-state index contributed by atoms with van der Waals surface area (Å²) in [5.41, 5.74) is 2.73. The summed E-state index contributed by atoms with van der Waals surface area (Å²) in [5, 5.41) is 2.98. The third-order valence-corrected chi connectivity index (χ3v) is 4.68. The molecule has 2 aromatic heterocycles. The van der Waals surface area contributed by atoms with Crippen molar-refractivity contribution in [1.82, 2.24) is 14.9 Å². The van der Waals surface area contributed by atoms with E-state index in [1.165, 1.54) is 0 Å². The number of hydrogen-bond donors (Lipinski definition) is 0. The highest BCUT2D eigenvalue weighted by molar-refractivity contribution is 7.09. The molecule has 3 aromatic rings. The van der Waals surface area contributed by atoms with Gasteiger partial charge in [-0.3, -0.25) is 9.78 Å². The van der Waals surface area contributed by atoms with Gasteiger partial charge in [-0.2, -0.15) is 0 Å². The van der Waals surface area contributed by atoms with Crippen LogP contribution in [0.15, 0.2) is 60.1 Å². The van der Waals surface area contributed by atoms with Gasteiger partial charge >= 0.3 is 0 Å². The second-order valence-corrected chi connectivity index (χ2v) is 7.13. The fourth-order valence-corrected chi connectivity index (χ4v) is 3.02. The molecule has 0 fully saturated rings. The molecule has 0 bridgehead atoms. The topological polar surface area (TPSA) is 55.3 Å². The van der Waals surface area contributed by atoms with Gasteiger partial charge in [0, 0.05) is 24.7 Å². The number of hydrogen-bond acceptors (Lipinski definition) is 5. The fourth-order valence-electron chi connectivity index (χ4n) is 2.41. The van der Waals surface area contributed by atoms with Crippen molar-refractivity contribution in [2.24, 2.45) is 0 Å². The molecule has 0 N–H and O–H groups in total. The van der Waals surface area contributed by atoms with E-state index in [2.05, 4.69) is 9.97 Å². The normalized spacial score (nSPS) is 10.9. The van der Waals surface area contributed by atoms with Crippen LogP contribution < -0.4 is 4.74 Å². The van der Waals surface area contributed by atoms with Crippen LogP contribution in [0.5, 0.6) is 5.75 Å². The van der Waals surface area contributed by atoms with Gasteiger partial charge in [-0.05, 0) is 42.8 Å². The zero-order valence-electron chi connectivity index (χ0n) is 15.3. The lowest BCUT2D eigenvalue weighted by molar-refractivity contribution is -0.125. The van der Waals surface area contributed by atoms with Crippen molar-refractivity contribution >= 4 is 23.3 Å². The molecule has 3 rings (SSSR count). The first kappa shape index (κ1) is 18.8. The molecule has 0 saturated heterocycles. The summed E-state index contributed by atoms with van der Waals surface area (Å²) in [6.07, 6.45) is 5.12. The van der Waals surface area contributed by atoms with Crippen LogP contribution in [0.1, 0.15) is 22.0 Å². The molecule has 6 heteroatoms. The Hall–Kier alpha value is -2.99. The van der Waals surface area contributed by atoms with Crippen molar-refractivity contribution in [3.05, 3.63) is 82.1 Å². The molecule has 5 nitrogen and oxygen atoms in total. The minimum absolute atomic E-state index is 0.0591. The minimum Gasteiger partial charge on any atom is -0.487 e. The van der Waals surface area contributed by atoms with Crippen LogP contribution in [0.2, 0.25) is 0 Å². The predicted octanol–water partition coefficient (Wildman–Crippen LogP) is 4.10. The average Bonchev–Trinajstić information content (AvgIpc) is 3.10. The maximum absolute atomic E-state index is 12.2. The number of benzene rings is 1. The number of pyridine rings is 1. The Bertz CT molecular complexity index is 905. The first-order chi connectivity index (χ1) is 13.1. The van der Waals surface area contributed by atoms with Crippen LogP contribution >= 0.6 is 11.3 Å². The molecule has 0 unspecified atom stereocenters. The van der Waals surface area contributed by atoms with Crippen molar-refractivity contribution in [3.8, 4) is 5.75 Å². The lowest BCUT2D eigenvalue weighted by atomic mass is 10.2. The first-order valence-corrected chi connectivity index (χ1v) is 9.45. The van der Waals surface area contributed by atoms with Gasteiger partial charge in [-0.25, -0.2) is 4.98 Å². The van der Waals surface area contributed by atoms with Gasteiger partial charge in [0.25, 0.3) is 0 Å². The Morgan fingerprint density at radius 1 is 1.19 bits per heavy atom. The SMILES string of the molecule is Cc1nc(CN(C)C(=O)C=Cc2ccc(OCc3ccccn3)cc2)cs1. The summed E-state index contributed by atoms with van der Waals surface area (Å²) >= 11 is 1.59. The highest BCUT2D eigenvalue weighted by atomic mass is 32.1. The van der Waals surface area contributed by atoms with E-state index in [-0.39, 0.29) is 5.91 Å². The molecule has 0 saturated carbocycles. The summed E-state index contributed by atoms with van der Waals surface area (Å²) in [5.74, 6) is 0.705. The van der Waals surface area contributed by atoms with Gasteiger partial charge in [0.15, 0.2) is 0 Å². The summed E-state index contributed by atoms with van der Waals surface area (Å²) in [7, 11) is 1.77. The van der Waals surface area contributed by atoms with E-state index in [1.54, 1.807) is 41.6 Å². The zero-order chi connectivity index (χ0) is 19.1. The lowest BCUT2D eigenvalue weighted by Gasteiger charge is -2.13. The smallest absolute Gasteiger partial charge is 0.246 e. The van der Waals surface area contributed by atoms with Gasteiger partial charge in [-0.15, -0.1) is 11.3 Å². The number of thiazole rings is 1. The number of likely N-dealkylation sites (N-methyl/N-ethyl adjacent to an activating group) is 1. The number of nitrogens with zero attached hydrogens (tertiary/aromatic N) is 3. The van der Waals surface area contributed by atoms with E-state index < -0.39 is 0 Å². The van der Waals surface area contributed by atoms with Crippen LogP contribution in [0.25, 0.3) is 6.08 Å². The average molecular weight is 379 g/mol. The summed E-state index contributed by atoms with van der Waals surface area (Å²) in [6, 6.07) is 13.3. The highest BCUT2D eigenvalue weighted by Crippen LogP contribution is 2.15. The van der Waals surface area contributed by atoms with E-state index in [9.17, 15) is 4.79 Å². The Morgan fingerprint density at radius 3 is 2.67 bits per heavy atom. The Kier molecular flexibility index (Phi) is 6.33. The number of aromatic nitrogens is 2. The first-order valence-electron chi connectivity index (χ1n) is 8.57. The number of ether oxygens (including phenoxy) is 1. The molecule has 1 amide bonds. The number of rotatable bonds is 7. The maximum atomic E-state index is 12.2. The van der Waals surface area contributed by atoms with Crippen molar-refractivity contribution in [2.75, 3.05) is 7.05 Å². The highest BCUT2D eigenvalue weighted by Gasteiger charge is 2.08. The van der Waals surface area contributed by atoms with Crippen molar-refractivity contribution < 1.29 is 9.53 Å². The summed E-state index contributed by atoms with van der Waals surface area (Å²) in [4.78, 5) is 22.5. The lowest BCUT2D eigenvalue weighted by Crippen LogP contribution is -2.24. The second-order valence-electron chi connectivity index (χ2n) is 6.06. The quantitative estimate of drug-likeness (QED) is 0.580. The molecule has 0 spiro atoms. The molecule has 138 valence electrons. The Balaban J connectivity index is 1.51. The van der Waals surface area contributed by atoms with Gasteiger partial charge < -0.3 is 9.64 Å². The third kappa shape index (κ3) is 5.76. The molecule has 0 aliphatic rings. The summed E-state index contributed by atoms with van der Waals surface area (Å²) in [6.45, 7) is 2.89. The standard InChI is InChI=1S/C21H21N3O2S/c1-16-23-19(15-27-16)13-24(2)21(25)11-8-17-6-9-20(10-7-17)26-14-18-5-3-4-12-22-18/h3-12,15H,13-14H2,1-2H3. The van der Waals surface area contributed by atoms with E-state index >= 15 is 0 Å². The van der Waals surface area contributed by atoms with E-state index in [1.807, 2.05) is 54.8 Å². The van der Waals surface area contributed by atoms with Gasteiger partial charge in [0.2, 0.25) is 5.91 Å². The number of carbonyl (C=O) groups excluding carboxylic acids is 1. The van der Waals surface area contributed by atoms with Crippen molar-refractivity contribution in [2.45, 2.75) is 20.1 Å². The molecular formula is C21H21N3O2S. The number of amides is 1. The van der Waals surface area contributed by atoms with E-state index in [0.29, 0.717) is 13.2 Å². The number of aryl methyl sites for hydroxylation is 1. The van der Waals surface area contributed by atoms with Gasteiger partial charge in [0.1, 0.15) is 12.4 Å². The Labute approximate surface area is 163 Å². The van der Waals surface area contributed by atoms with Gasteiger partial charge in [-0.1, -0.05) is 18.2 Å². The second kappa shape index (κ2) is 9.09. The molecule has 2 heterocycles. The minimum atomic E-state index is -0.0591. The molecule has 0 atom stereocenters. The predicted molar refractivity (Wildman–Crippen MR) is 107 cm³/mol. The van der Waals surface area contributed by atoms with E-state index in [0.717, 1.165) is 27.7 Å². The van der Waals surface area contributed by atoms with Crippen LogP contribution in [-0.4, -0.2) is 27.8 Å². The molecular weight excluding hydrogens is 358 g/mol. The molecule has 0 radical (unpaired) electrons. The third-order valence-electron chi connectivity index (χ3n) is 3.85. The van der Waals surface area contributed by atoms with Gasteiger partial charge in [0.05, 0.1) is 22.9 Å². The van der Waals surface area contributed by atoms with Crippen LogP contribution in [0, 0.1) is 6.92 Å². The monoisotopic (exact) mass is 379 g/mol. The van der Waals surface area contributed by atoms with E-state index in [4.69, 9.17) is 4.74 Å². The van der Waals surface area contributed by atoms with Crippen LogP contribution in [0.3, 0.4) is 0 Å². The number of carbonyl (C=O) groups is 1. The largest absolute Gasteiger partial charge is 0.487 e. The molecule has 1 aromatic carbocycles.